The number of rotatable bonds is 11. The first-order chi connectivity index (χ1) is 14.7. The molecule has 0 amide bonds. The van der Waals surface area contributed by atoms with Crippen molar-refractivity contribution in [1.82, 2.24) is 9.97 Å². The molecule has 0 fully saturated rings. The van der Waals surface area contributed by atoms with Gasteiger partial charge in [0.25, 0.3) is 0 Å². The molecule has 0 saturated heterocycles. The van der Waals surface area contributed by atoms with Crippen LogP contribution in [0, 0.1) is 5.82 Å². The van der Waals surface area contributed by atoms with Crippen molar-refractivity contribution >= 4 is 28.8 Å². The van der Waals surface area contributed by atoms with Crippen LogP contribution in [0.4, 0.5) is 33.2 Å². The standard InChI is InChI=1S/C21H24FN5O3/c1-23-16-3-2-4-17(13-16)25-20-19(22)14-24-21(27-20)26-15-5-7-18(8-6-15)30-12-11-29-10-9-28/h2-8,13-14,23,28H,9-12H2,1H3,(H2,24,25,26,27). The second-order valence-corrected chi connectivity index (χ2v) is 6.18. The normalized spacial score (nSPS) is 10.5. The highest BCUT2D eigenvalue weighted by Gasteiger charge is 2.08. The summed E-state index contributed by atoms with van der Waals surface area (Å²) in [5.74, 6) is 0.459. The van der Waals surface area contributed by atoms with E-state index in [0.29, 0.717) is 31.3 Å². The van der Waals surface area contributed by atoms with Crippen molar-refractivity contribution in [1.29, 1.82) is 0 Å². The van der Waals surface area contributed by atoms with Gasteiger partial charge in [0.15, 0.2) is 11.6 Å². The van der Waals surface area contributed by atoms with Crippen molar-refractivity contribution < 1.29 is 19.0 Å². The van der Waals surface area contributed by atoms with E-state index in [9.17, 15) is 4.39 Å². The Morgan fingerprint density at radius 2 is 1.77 bits per heavy atom. The fourth-order valence-corrected chi connectivity index (χ4v) is 2.55. The van der Waals surface area contributed by atoms with Crippen molar-refractivity contribution in [3.05, 3.63) is 60.5 Å². The van der Waals surface area contributed by atoms with Crippen molar-refractivity contribution in [3.8, 4) is 5.75 Å². The van der Waals surface area contributed by atoms with E-state index in [1.807, 2.05) is 31.3 Å². The van der Waals surface area contributed by atoms with E-state index in [1.165, 1.54) is 0 Å². The van der Waals surface area contributed by atoms with Gasteiger partial charge in [0, 0.05) is 24.1 Å². The third-order valence-corrected chi connectivity index (χ3v) is 4.00. The van der Waals surface area contributed by atoms with E-state index < -0.39 is 5.82 Å². The number of halogens is 1. The third-order valence-electron chi connectivity index (χ3n) is 4.00. The van der Waals surface area contributed by atoms with Crippen LogP contribution < -0.4 is 20.7 Å². The summed E-state index contributed by atoms with van der Waals surface area (Å²) in [6, 6.07) is 14.6. The second kappa shape index (κ2) is 10.9. The van der Waals surface area contributed by atoms with Crippen LogP contribution in [0.2, 0.25) is 0 Å². The number of aliphatic hydroxyl groups excluding tert-OH is 1. The van der Waals surface area contributed by atoms with Gasteiger partial charge in [0.1, 0.15) is 12.4 Å². The lowest BCUT2D eigenvalue weighted by molar-refractivity contribution is 0.0705. The van der Waals surface area contributed by atoms with Crippen molar-refractivity contribution in [3.63, 3.8) is 0 Å². The number of aliphatic hydroxyl groups is 1. The van der Waals surface area contributed by atoms with Gasteiger partial charge in [-0.15, -0.1) is 0 Å². The fourth-order valence-electron chi connectivity index (χ4n) is 2.55. The molecular formula is C21H24FN5O3. The van der Waals surface area contributed by atoms with Gasteiger partial charge >= 0.3 is 0 Å². The van der Waals surface area contributed by atoms with E-state index in [-0.39, 0.29) is 18.4 Å². The molecule has 3 rings (SSSR count). The summed E-state index contributed by atoms with van der Waals surface area (Å²) >= 11 is 0. The van der Waals surface area contributed by atoms with Crippen LogP contribution >= 0.6 is 0 Å². The molecule has 9 heteroatoms. The van der Waals surface area contributed by atoms with Crippen LogP contribution in [0.5, 0.6) is 5.75 Å². The van der Waals surface area contributed by atoms with E-state index in [2.05, 4.69) is 25.9 Å². The Morgan fingerprint density at radius 1 is 0.967 bits per heavy atom. The molecule has 30 heavy (non-hydrogen) atoms. The molecule has 2 aromatic carbocycles. The number of nitrogens with zero attached hydrogens (tertiary/aromatic N) is 2. The Kier molecular flexibility index (Phi) is 7.76. The van der Waals surface area contributed by atoms with Crippen molar-refractivity contribution in [2.45, 2.75) is 0 Å². The number of aromatic nitrogens is 2. The Labute approximate surface area is 174 Å². The molecule has 0 bridgehead atoms. The highest BCUT2D eigenvalue weighted by Crippen LogP contribution is 2.23. The van der Waals surface area contributed by atoms with Crippen LogP contribution in [-0.4, -0.2) is 48.5 Å². The first-order valence-corrected chi connectivity index (χ1v) is 9.44. The molecule has 0 atom stereocenters. The van der Waals surface area contributed by atoms with Crippen molar-refractivity contribution in [2.75, 3.05) is 49.4 Å². The first kappa shape index (κ1) is 21.3. The number of nitrogens with one attached hydrogen (secondary N) is 3. The summed E-state index contributed by atoms with van der Waals surface area (Å²) in [6.07, 6.45) is 1.11. The lowest BCUT2D eigenvalue weighted by Crippen LogP contribution is -2.09. The minimum absolute atomic E-state index is 0.00854. The van der Waals surface area contributed by atoms with E-state index in [4.69, 9.17) is 14.6 Å². The molecule has 3 aromatic rings. The average Bonchev–Trinajstić information content (AvgIpc) is 2.77. The lowest BCUT2D eigenvalue weighted by atomic mass is 10.3. The topological polar surface area (TPSA) is 101 Å². The molecule has 1 aromatic heterocycles. The third kappa shape index (κ3) is 6.29. The quantitative estimate of drug-likeness (QED) is 0.354. The number of anilines is 5. The van der Waals surface area contributed by atoms with E-state index in [0.717, 1.165) is 17.6 Å². The van der Waals surface area contributed by atoms with Gasteiger partial charge in [-0.3, -0.25) is 0 Å². The monoisotopic (exact) mass is 413 g/mol. The summed E-state index contributed by atoms with van der Waals surface area (Å²) in [4.78, 5) is 8.21. The Hall–Kier alpha value is -3.43. The molecule has 0 spiro atoms. The Balaban J connectivity index is 1.60. The van der Waals surface area contributed by atoms with Crippen LogP contribution in [-0.2, 0) is 4.74 Å². The maximum absolute atomic E-state index is 14.2. The van der Waals surface area contributed by atoms with Gasteiger partial charge in [0.05, 0.1) is 26.0 Å². The molecule has 0 unspecified atom stereocenters. The molecule has 4 N–H and O–H groups in total. The van der Waals surface area contributed by atoms with Gasteiger partial charge in [-0.05, 0) is 42.5 Å². The van der Waals surface area contributed by atoms with Gasteiger partial charge < -0.3 is 30.5 Å². The van der Waals surface area contributed by atoms with Gasteiger partial charge in [0.2, 0.25) is 5.95 Å². The van der Waals surface area contributed by atoms with Gasteiger partial charge in [-0.25, -0.2) is 9.37 Å². The molecule has 0 aliphatic heterocycles. The van der Waals surface area contributed by atoms with Gasteiger partial charge in [-0.2, -0.15) is 4.98 Å². The van der Waals surface area contributed by atoms with E-state index >= 15 is 0 Å². The van der Waals surface area contributed by atoms with E-state index in [1.54, 1.807) is 24.3 Å². The number of hydrogen-bond donors (Lipinski definition) is 4. The van der Waals surface area contributed by atoms with Crippen molar-refractivity contribution in [2.24, 2.45) is 0 Å². The smallest absolute Gasteiger partial charge is 0.229 e. The molecule has 0 saturated carbocycles. The molecule has 0 radical (unpaired) electrons. The second-order valence-electron chi connectivity index (χ2n) is 6.18. The first-order valence-electron chi connectivity index (χ1n) is 9.44. The van der Waals surface area contributed by atoms with Crippen LogP contribution in [0.15, 0.2) is 54.7 Å². The van der Waals surface area contributed by atoms with Crippen LogP contribution in [0.1, 0.15) is 0 Å². The maximum atomic E-state index is 14.2. The number of ether oxygens (including phenoxy) is 2. The summed E-state index contributed by atoms with van der Waals surface area (Å²) in [6.45, 7) is 1.07. The highest BCUT2D eigenvalue weighted by atomic mass is 19.1. The lowest BCUT2D eigenvalue weighted by Gasteiger charge is -2.11. The Bertz CT molecular complexity index is 940. The highest BCUT2D eigenvalue weighted by molar-refractivity contribution is 5.64. The molecule has 0 aliphatic rings. The molecule has 158 valence electrons. The number of hydrogen-bond acceptors (Lipinski definition) is 8. The van der Waals surface area contributed by atoms with Crippen LogP contribution in [0.3, 0.4) is 0 Å². The fraction of sp³-hybridized carbons (Fsp3) is 0.238. The Morgan fingerprint density at radius 3 is 2.53 bits per heavy atom. The average molecular weight is 413 g/mol. The number of benzene rings is 2. The summed E-state index contributed by atoms with van der Waals surface area (Å²) < 4.78 is 24.8. The predicted octanol–water partition coefficient (Wildman–Crippen LogP) is 3.53. The summed E-state index contributed by atoms with van der Waals surface area (Å²) in [7, 11) is 1.81. The SMILES string of the molecule is CNc1cccc(Nc2nc(Nc3ccc(OCCOCCO)cc3)ncc2F)c1. The maximum Gasteiger partial charge on any atom is 0.229 e. The van der Waals surface area contributed by atoms with Gasteiger partial charge in [-0.1, -0.05) is 6.07 Å². The molecule has 0 aliphatic carbocycles. The minimum atomic E-state index is -0.553. The van der Waals surface area contributed by atoms with Crippen LogP contribution in [0.25, 0.3) is 0 Å². The molecule has 8 nitrogen and oxygen atoms in total. The largest absolute Gasteiger partial charge is 0.491 e. The zero-order valence-corrected chi connectivity index (χ0v) is 16.6. The summed E-state index contributed by atoms with van der Waals surface area (Å²) in [5.41, 5.74) is 2.33. The molecule has 1 heterocycles. The minimum Gasteiger partial charge on any atom is -0.491 e. The zero-order chi connectivity index (χ0) is 21.2. The summed E-state index contributed by atoms with van der Waals surface area (Å²) in [5, 5.41) is 17.7. The molecular weight excluding hydrogens is 389 g/mol. The zero-order valence-electron chi connectivity index (χ0n) is 16.6. The predicted molar refractivity (Wildman–Crippen MR) is 114 cm³/mol.